The minimum Gasteiger partial charge on any atom is -0.492 e. The lowest BCUT2D eigenvalue weighted by Gasteiger charge is -2.11. The molecule has 0 radical (unpaired) electrons. The molecule has 2 N–H and O–H groups in total. The van der Waals surface area contributed by atoms with Gasteiger partial charge < -0.3 is 15.4 Å². The van der Waals surface area contributed by atoms with E-state index in [-0.39, 0.29) is 0 Å². The Bertz CT molecular complexity index is 1310. The number of pyridine rings is 1. The molecule has 0 fully saturated rings. The summed E-state index contributed by atoms with van der Waals surface area (Å²) < 4.78 is 7.75. The molecule has 0 saturated carbocycles. The van der Waals surface area contributed by atoms with Crippen molar-refractivity contribution in [2.75, 3.05) is 23.8 Å². The summed E-state index contributed by atoms with van der Waals surface area (Å²) >= 11 is 0. The van der Waals surface area contributed by atoms with Crippen LogP contribution in [0.5, 0.6) is 5.75 Å². The molecule has 0 aliphatic carbocycles. The molecule has 0 bridgehead atoms. The fraction of sp³-hybridized carbons (Fsp3) is 0.120. The molecule has 8 heteroatoms. The van der Waals surface area contributed by atoms with Crippen LogP contribution in [0.2, 0.25) is 0 Å². The Balaban J connectivity index is 1.40. The van der Waals surface area contributed by atoms with Crippen molar-refractivity contribution in [2.24, 2.45) is 0 Å². The third-order valence-corrected chi connectivity index (χ3v) is 5.01. The summed E-state index contributed by atoms with van der Waals surface area (Å²) in [4.78, 5) is 18.2. The number of rotatable bonds is 9. The maximum Gasteiger partial charge on any atom is 0.227 e. The normalized spacial score (nSPS) is 10.8. The minimum absolute atomic E-state index is 0.493. The lowest BCUT2D eigenvalue weighted by molar-refractivity contribution is 0.333. The number of hydrogen-bond acceptors (Lipinski definition) is 7. The molecule has 5 aromatic rings. The predicted molar refractivity (Wildman–Crippen MR) is 129 cm³/mol. The standard InChI is InChI=1S/C25H23N7O/c1-3-9-20(10-4-1)32-18-29-22-23(27-14-15-33-21-11-5-2-6-12-21)30-25(31-24(22)32)28-17-19-8-7-13-26-16-19/h1-13,16,18H,14-15,17H2,(H2,27,28,30,31). The number of nitrogens with zero attached hydrogens (tertiary/aromatic N) is 5. The predicted octanol–water partition coefficient (Wildman–Crippen LogP) is 4.31. The van der Waals surface area contributed by atoms with Gasteiger partial charge in [-0.15, -0.1) is 0 Å². The number of aromatic nitrogens is 5. The lowest BCUT2D eigenvalue weighted by atomic mass is 10.3. The Morgan fingerprint density at radius 1 is 0.848 bits per heavy atom. The van der Waals surface area contributed by atoms with Crippen LogP contribution in [0.3, 0.4) is 0 Å². The number of para-hydroxylation sites is 2. The number of nitrogens with one attached hydrogen (secondary N) is 2. The van der Waals surface area contributed by atoms with Gasteiger partial charge in [0.15, 0.2) is 17.0 Å². The molecule has 0 saturated heterocycles. The molecule has 3 heterocycles. The molecule has 0 aliphatic heterocycles. The van der Waals surface area contributed by atoms with Crippen LogP contribution in [0.25, 0.3) is 16.9 Å². The first-order chi connectivity index (χ1) is 16.4. The summed E-state index contributed by atoms with van der Waals surface area (Å²) in [6.07, 6.45) is 5.34. The fourth-order valence-corrected chi connectivity index (χ4v) is 3.42. The van der Waals surface area contributed by atoms with Crippen molar-refractivity contribution in [3.8, 4) is 11.4 Å². The summed E-state index contributed by atoms with van der Waals surface area (Å²) in [6, 6.07) is 23.7. The maximum absolute atomic E-state index is 5.80. The monoisotopic (exact) mass is 437 g/mol. The minimum atomic E-state index is 0.493. The van der Waals surface area contributed by atoms with E-state index in [1.807, 2.05) is 83.6 Å². The molecule has 0 atom stereocenters. The van der Waals surface area contributed by atoms with E-state index in [0.717, 1.165) is 22.6 Å². The van der Waals surface area contributed by atoms with E-state index in [2.05, 4.69) is 25.6 Å². The molecule has 164 valence electrons. The van der Waals surface area contributed by atoms with Gasteiger partial charge in [0, 0.05) is 24.6 Å². The molecule has 0 aliphatic rings. The first kappa shape index (κ1) is 20.4. The van der Waals surface area contributed by atoms with Gasteiger partial charge in [-0.1, -0.05) is 42.5 Å². The SMILES string of the molecule is c1ccc(OCCNc2nc(NCc3cccnc3)nc3c2ncn3-c2ccccc2)cc1. The number of imidazole rings is 1. The van der Waals surface area contributed by atoms with E-state index >= 15 is 0 Å². The Hall–Kier alpha value is -4.46. The van der Waals surface area contributed by atoms with Gasteiger partial charge in [0.05, 0.1) is 6.54 Å². The number of benzene rings is 2. The molecular formula is C25H23N7O. The Labute approximate surface area is 191 Å². The van der Waals surface area contributed by atoms with Crippen molar-refractivity contribution in [1.29, 1.82) is 0 Å². The van der Waals surface area contributed by atoms with Crippen LogP contribution in [0.1, 0.15) is 5.56 Å². The molecule has 2 aromatic carbocycles. The van der Waals surface area contributed by atoms with Gasteiger partial charge in [0.1, 0.15) is 18.7 Å². The zero-order valence-corrected chi connectivity index (χ0v) is 17.9. The van der Waals surface area contributed by atoms with Crippen LogP contribution >= 0.6 is 0 Å². The quantitative estimate of drug-likeness (QED) is 0.332. The van der Waals surface area contributed by atoms with Crippen molar-refractivity contribution < 1.29 is 4.74 Å². The van der Waals surface area contributed by atoms with E-state index in [1.165, 1.54) is 0 Å². The fourth-order valence-electron chi connectivity index (χ4n) is 3.42. The summed E-state index contributed by atoms with van der Waals surface area (Å²) in [5, 5.41) is 6.66. The van der Waals surface area contributed by atoms with Crippen LogP contribution < -0.4 is 15.4 Å². The summed E-state index contributed by atoms with van der Waals surface area (Å²) in [5.74, 6) is 2.00. The molecule has 0 amide bonds. The molecular weight excluding hydrogens is 414 g/mol. The van der Waals surface area contributed by atoms with E-state index in [9.17, 15) is 0 Å². The van der Waals surface area contributed by atoms with E-state index in [4.69, 9.17) is 9.72 Å². The van der Waals surface area contributed by atoms with Crippen molar-refractivity contribution >= 4 is 22.9 Å². The molecule has 0 spiro atoms. The summed E-state index contributed by atoms with van der Waals surface area (Å²) in [7, 11) is 0. The highest BCUT2D eigenvalue weighted by molar-refractivity contribution is 5.85. The van der Waals surface area contributed by atoms with Crippen LogP contribution in [-0.2, 0) is 6.54 Å². The van der Waals surface area contributed by atoms with Crippen molar-refractivity contribution in [3.05, 3.63) is 97.1 Å². The van der Waals surface area contributed by atoms with Crippen LogP contribution in [0, 0.1) is 0 Å². The third kappa shape index (κ3) is 4.90. The van der Waals surface area contributed by atoms with Gasteiger partial charge in [-0.05, 0) is 35.9 Å². The van der Waals surface area contributed by atoms with E-state index in [1.54, 1.807) is 12.5 Å². The smallest absolute Gasteiger partial charge is 0.227 e. The van der Waals surface area contributed by atoms with Gasteiger partial charge in [-0.3, -0.25) is 9.55 Å². The second-order valence-electron chi connectivity index (χ2n) is 7.32. The summed E-state index contributed by atoms with van der Waals surface area (Å²) in [6.45, 7) is 1.63. The van der Waals surface area contributed by atoms with Crippen LogP contribution in [0.15, 0.2) is 91.5 Å². The zero-order valence-electron chi connectivity index (χ0n) is 17.9. The first-order valence-corrected chi connectivity index (χ1v) is 10.7. The highest BCUT2D eigenvalue weighted by Crippen LogP contribution is 2.23. The molecule has 0 unspecified atom stereocenters. The maximum atomic E-state index is 5.80. The highest BCUT2D eigenvalue weighted by Gasteiger charge is 2.14. The Morgan fingerprint density at radius 2 is 1.67 bits per heavy atom. The topological polar surface area (TPSA) is 89.8 Å². The average Bonchev–Trinajstić information content (AvgIpc) is 3.31. The number of anilines is 2. The van der Waals surface area contributed by atoms with Gasteiger partial charge in [0.25, 0.3) is 0 Å². The van der Waals surface area contributed by atoms with Crippen LogP contribution in [-0.4, -0.2) is 37.7 Å². The third-order valence-electron chi connectivity index (χ3n) is 5.01. The van der Waals surface area contributed by atoms with E-state index < -0.39 is 0 Å². The summed E-state index contributed by atoms with van der Waals surface area (Å²) in [5.41, 5.74) is 3.45. The molecule has 5 rings (SSSR count). The molecule has 8 nitrogen and oxygen atoms in total. The largest absolute Gasteiger partial charge is 0.492 e. The lowest BCUT2D eigenvalue weighted by Crippen LogP contribution is -2.14. The van der Waals surface area contributed by atoms with Gasteiger partial charge in [-0.25, -0.2) is 4.98 Å². The van der Waals surface area contributed by atoms with Crippen LogP contribution in [0.4, 0.5) is 11.8 Å². The number of fused-ring (bicyclic) bond motifs is 1. The molecule has 3 aromatic heterocycles. The van der Waals surface area contributed by atoms with E-state index in [0.29, 0.717) is 37.0 Å². The Kier molecular flexibility index (Phi) is 6.06. The second-order valence-corrected chi connectivity index (χ2v) is 7.32. The average molecular weight is 438 g/mol. The second kappa shape index (κ2) is 9.78. The molecule has 33 heavy (non-hydrogen) atoms. The zero-order chi connectivity index (χ0) is 22.3. The van der Waals surface area contributed by atoms with Gasteiger partial charge in [-0.2, -0.15) is 9.97 Å². The first-order valence-electron chi connectivity index (χ1n) is 10.7. The van der Waals surface area contributed by atoms with Crippen molar-refractivity contribution in [2.45, 2.75) is 6.54 Å². The highest BCUT2D eigenvalue weighted by atomic mass is 16.5. The van der Waals surface area contributed by atoms with Gasteiger partial charge >= 0.3 is 0 Å². The van der Waals surface area contributed by atoms with Crippen molar-refractivity contribution in [3.63, 3.8) is 0 Å². The van der Waals surface area contributed by atoms with Gasteiger partial charge in [0.2, 0.25) is 5.95 Å². The number of ether oxygens (including phenoxy) is 1. The number of hydrogen-bond donors (Lipinski definition) is 2. The Morgan fingerprint density at radius 3 is 2.45 bits per heavy atom. The van der Waals surface area contributed by atoms with Crippen molar-refractivity contribution in [1.82, 2.24) is 24.5 Å².